The molecule has 0 saturated heterocycles. The molecule has 0 saturated carbocycles. The van der Waals surface area contributed by atoms with Gasteiger partial charge < -0.3 is 4.89 Å². The molecule has 3 heteroatoms. The zero-order valence-electron chi connectivity index (χ0n) is 2.42. The quantitative estimate of drug-likeness (QED) is 0.375. The van der Waals surface area contributed by atoms with Crippen LogP contribution in [-0.4, -0.2) is 0 Å². The Balaban J connectivity index is 2.32. The van der Waals surface area contributed by atoms with Gasteiger partial charge in [0.15, 0.2) is 6.26 Å². The van der Waals surface area contributed by atoms with Gasteiger partial charge in [-0.2, -0.15) is 0 Å². The van der Waals surface area contributed by atoms with E-state index in [1.807, 2.05) is 0 Å². The van der Waals surface area contributed by atoms with E-state index in [9.17, 15) is 0 Å². The fraction of sp³-hybridized carbons (Fsp3) is 0. The summed E-state index contributed by atoms with van der Waals surface area (Å²) < 4.78 is 0. The van der Waals surface area contributed by atoms with Gasteiger partial charge in [0.2, 0.25) is 0 Å². The topological polar surface area (TPSA) is 32.6 Å². The highest BCUT2D eigenvalue weighted by Crippen LogP contribution is 1.83. The lowest BCUT2D eigenvalue weighted by Gasteiger charge is -1.76. The highest BCUT2D eigenvalue weighted by atomic mass is 17.3. The summed E-state index contributed by atoms with van der Waals surface area (Å²) >= 11 is 0. The van der Waals surface area contributed by atoms with Crippen LogP contribution in [-0.2, 0) is 9.88 Å². The number of nitrogens with zero attached hydrogens (tertiary/aromatic N) is 1. The van der Waals surface area contributed by atoms with E-state index in [4.69, 9.17) is 0 Å². The molecule has 0 atom stereocenters. The lowest BCUT2D eigenvalue weighted by Crippen LogP contribution is -1.83. The summed E-state index contributed by atoms with van der Waals surface area (Å²) in [6.07, 6.45) is 2.76. The highest BCUT2D eigenvalue weighted by molar-refractivity contribution is 4.64. The SMILES string of the molecule is C1=COO[N]1. The minimum Gasteiger partial charge on any atom is -0.319 e. The normalized spacial score (nSPS) is 17.6. The Morgan fingerprint density at radius 1 is 1.60 bits per heavy atom. The van der Waals surface area contributed by atoms with Crippen molar-refractivity contribution >= 4 is 0 Å². The van der Waals surface area contributed by atoms with Crippen LogP contribution in [0.15, 0.2) is 12.5 Å². The molecule has 0 bridgehead atoms. The van der Waals surface area contributed by atoms with Gasteiger partial charge >= 0.3 is 0 Å². The average Bonchev–Trinajstić information content (AvgIpc) is 1.76. The summed E-state index contributed by atoms with van der Waals surface area (Å²) in [6, 6.07) is 0. The van der Waals surface area contributed by atoms with Crippen LogP contribution in [0.3, 0.4) is 0 Å². The molecule has 1 radical (unpaired) electrons. The number of hydroxylamine groups is 1. The van der Waals surface area contributed by atoms with Gasteiger partial charge in [-0.3, -0.25) is 0 Å². The van der Waals surface area contributed by atoms with E-state index in [-0.39, 0.29) is 0 Å². The molecule has 0 spiro atoms. The van der Waals surface area contributed by atoms with Crippen molar-refractivity contribution < 1.29 is 9.88 Å². The Bertz CT molecular complexity index is 45.6. The molecule has 1 aliphatic rings. The zero-order chi connectivity index (χ0) is 3.54. The fourth-order valence-electron chi connectivity index (χ4n) is 0.124. The van der Waals surface area contributed by atoms with E-state index in [2.05, 4.69) is 15.4 Å². The highest BCUT2D eigenvalue weighted by Gasteiger charge is 1.85. The third-order valence-electron chi connectivity index (χ3n) is 0.263. The molecule has 0 amide bonds. The van der Waals surface area contributed by atoms with Gasteiger partial charge in [0.25, 0.3) is 0 Å². The van der Waals surface area contributed by atoms with Crippen molar-refractivity contribution in [2.75, 3.05) is 0 Å². The van der Waals surface area contributed by atoms with Crippen molar-refractivity contribution in [3.63, 3.8) is 0 Å². The van der Waals surface area contributed by atoms with Crippen LogP contribution in [0.1, 0.15) is 0 Å². The number of rotatable bonds is 0. The molecule has 0 aliphatic carbocycles. The van der Waals surface area contributed by atoms with Gasteiger partial charge in [0.1, 0.15) is 0 Å². The molecule has 1 heterocycles. The third kappa shape index (κ3) is 0.302. The molecule has 27 valence electrons. The lowest BCUT2D eigenvalue weighted by atomic mass is 11.0. The Hall–Kier alpha value is -0.700. The largest absolute Gasteiger partial charge is 0.319 e. The number of hydrogen-bond acceptors (Lipinski definition) is 2. The molecule has 1 aliphatic heterocycles. The van der Waals surface area contributed by atoms with E-state index < -0.39 is 0 Å². The lowest BCUT2D eigenvalue weighted by molar-refractivity contribution is -0.268. The second kappa shape index (κ2) is 0.944. The van der Waals surface area contributed by atoms with E-state index in [0.717, 1.165) is 0 Å². The Labute approximate surface area is 29.1 Å². The predicted octanol–water partition coefficient (Wildman–Crippen LogP) is -0.0612. The molecular formula is C2H2NO2. The summed E-state index contributed by atoms with van der Waals surface area (Å²) in [5.74, 6) is 0. The van der Waals surface area contributed by atoms with E-state index in [0.29, 0.717) is 0 Å². The van der Waals surface area contributed by atoms with Gasteiger partial charge in [0, 0.05) is 0 Å². The maximum Gasteiger partial charge on any atom is 0.153 e. The Morgan fingerprint density at radius 2 is 2.60 bits per heavy atom. The molecule has 0 aromatic heterocycles. The van der Waals surface area contributed by atoms with Crippen LogP contribution >= 0.6 is 0 Å². The minimum atomic E-state index is 1.35. The first-order valence-electron chi connectivity index (χ1n) is 1.18. The summed E-state index contributed by atoms with van der Waals surface area (Å²) in [5.41, 5.74) is 3.18. The van der Waals surface area contributed by atoms with Crippen molar-refractivity contribution in [1.29, 1.82) is 0 Å². The molecule has 5 heavy (non-hydrogen) atoms. The standard InChI is InChI=1S/C2H2NO2/c1-2-4-5-3-1/h1-2H. The molecule has 0 fully saturated rings. The Kier molecular flexibility index (Phi) is 0.478. The maximum absolute atomic E-state index is 4.10. The van der Waals surface area contributed by atoms with Gasteiger partial charge in [-0.1, -0.05) is 5.48 Å². The van der Waals surface area contributed by atoms with Crippen LogP contribution < -0.4 is 5.48 Å². The third-order valence-corrected chi connectivity index (χ3v) is 0.263. The number of hydrogen-bond donors (Lipinski definition) is 0. The summed E-state index contributed by atoms with van der Waals surface area (Å²) in [4.78, 5) is 8.06. The fourth-order valence-corrected chi connectivity index (χ4v) is 0.124. The van der Waals surface area contributed by atoms with Gasteiger partial charge in [0.05, 0.1) is 6.20 Å². The second-order valence-electron chi connectivity index (χ2n) is 0.561. The minimum absolute atomic E-state index is 1.35. The first-order chi connectivity index (χ1) is 2.50. The predicted molar refractivity (Wildman–Crippen MR) is 13.4 cm³/mol. The monoisotopic (exact) mass is 72.0 g/mol. The van der Waals surface area contributed by atoms with Crippen molar-refractivity contribution in [2.24, 2.45) is 0 Å². The van der Waals surface area contributed by atoms with Crippen molar-refractivity contribution in [1.82, 2.24) is 5.48 Å². The van der Waals surface area contributed by atoms with Crippen LogP contribution in [0.4, 0.5) is 0 Å². The summed E-state index contributed by atoms with van der Waals surface area (Å²) in [5, 5.41) is 0. The van der Waals surface area contributed by atoms with Crippen LogP contribution in [0.2, 0.25) is 0 Å². The smallest absolute Gasteiger partial charge is 0.153 e. The van der Waals surface area contributed by atoms with E-state index in [1.54, 1.807) is 0 Å². The van der Waals surface area contributed by atoms with Gasteiger partial charge in [-0.05, 0) is 4.99 Å². The average molecular weight is 72.0 g/mol. The molecule has 0 unspecified atom stereocenters. The molecule has 0 aromatic carbocycles. The van der Waals surface area contributed by atoms with Crippen LogP contribution in [0.5, 0.6) is 0 Å². The van der Waals surface area contributed by atoms with Crippen molar-refractivity contribution in [3.8, 4) is 0 Å². The first kappa shape index (κ1) is 2.53. The van der Waals surface area contributed by atoms with Crippen molar-refractivity contribution in [3.05, 3.63) is 12.5 Å². The maximum atomic E-state index is 4.10. The van der Waals surface area contributed by atoms with Gasteiger partial charge in [-0.25, -0.2) is 0 Å². The van der Waals surface area contributed by atoms with Crippen LogP contribution in [0, 0.1) is 0 Å². The van der Waals surface area contributed by atoms with Gasteiger partial charge in [-0.15, -0.1) is 0 Å². The summed E-state index contributed by atoms with van der Waals surface area (Å²) in [6.45, 7) is 0. The van der Waals surface area contributed by atoms with E-state index in [1.165, 1.54) is 12.5 Å². The molecule has 1 rings (SSSR count). The Morgan fingerprint density at radius 3 is 2.80 bits per heavy atom. The molecular weight excluding hydrogens is 70.0 g/mol. The molecule has 0 aromatic rings. The zero-order valence-corrected chi connectivity index (χ0v) is 2.42. The van der Waals surface area contributed by atoms with E-state index >= 15 is 0 Å². The van der Waals surface area contributed by atoms with Crippen LogP contribution in [0.25, 0.3) is 0 Å². The summed E-state index contributed by atoms with van der Waals surface area (Å²) in [7, 11) is 0. The first-order valence-corrected chi connectivity index (χ1v) is 1.18. The van der Waals surface area contributed by atoms with Crippen molar-refractivity contribution in [2.45, 2.75) is 0 Å². The second-order valence-corrected chi connectivity index (χ2v) is 0.561. The molecule has 3 nitrogen and oxygen atoms in total. The molecule has 0 N–H and O–H groups in total.